The lowest BCUT2D eigenvalue weighted by Crippen LogP contribution is -2.03. The Bertz CT molecular complexity index is 298. The zero-order valence-electron chi connectivity index (χ0n) is 7.59. The molecule has 0 atom stereocenters. The highest BCUT2D eigenvalue weighted by Gasteiger charge is 2.16. The van der Waals surface area contributed by atoms with Crippen LogP contribution in [0.25, 0.3) is 0 Å². The SMILES string of the molecule is CC(C)c1nc(N)ccc1C(F)F. The van der Waals surface area contributed by atoms with Crippen molar-refractivity contribution in [1.82, 2.24) is 4.98 Å². The van der Waals surface area contributed by atoms with Gasteiger partial charge in [-0.05, 0) is 18.1 Å². The highest BCUT2D eigenvalue weighted by molar-refractivity contribution is 5.36. The molecule has 0 amide bonds. The van der Waals surface area contributed by atoms with Crippen molar-refractivity contribution in [3.05, 3.63) is 23.4 Å². The van der Waals surface area contributed by atoms with Crippen LogP contribution in [0.1, 0.15) is 37.4 Å². The van der Waals surface area contributed by atoms with E-state index in [1.165, 1.54) is 12.1 Å². The molecule has 0 aliphatic heterocycles. The lowest BCUT2D eigenvalue weighted by atomic mass is 10.0. The number of alkyl halides is 2. The van der Waals surface area contributed by atoms with Gasteiger partial charge >= 0.3 is 0 Å². The van der Waals surface area contributed by atoms with Crippen molar-refractivity contribution in [2.24, 2.45) is 0 Å². The van der Waals surface area contributed by atoms with E-state index < -0.39 is 6.43 Å². The second-order valence-corrected chi connectivity index (χ2v) is 3.17. The fourth-order valence-corrected chi connectivity index (χ4v) is 1.15. The molecule has 1 rings (SSSR count). The smallest absolute Gasteiger partial charge is 0.265 e. The van der Waals surface area contributed by atoms with Gasteiger partial charge < -0.3 is 5.73 Å². The van der Waals surface area contributed by atoms with E-state index in [9.17, 15) is 8.78 Å². The molecule has 0 spiro atoms. The number of aromatic nitrogens is 1. The summed E-state index contributed by atoms with van der Waals surface area (Å²) in [6, 6.07) is 2.73. The summed E-state index contributed by atoms with van der Waals surface area (Å²) < 4.78 is 24.9. The third kappa shape index (κ3) is 2.14. The van der Waals surface area contributed by atoms with Crippen molar-refractivity contribution in [2.45, 2.75) is 26.2 Å². The Morgan fingerprint density at radius 3 is 2.38 bits per heavy atom. The Labute approximate surface area is 75.8 Å². The van der Waals surface area contributed by atoms with Gasteiger partial charge in [0.25, 0.3) is 6.43 Å². The number of nitrogens with two attached hydrogens (primary N) is 1. The summed E-state index contributed by atoms with van der Waals surface area (Å²) in [5.41, 5.74) is 5.77. The molecule has 0 aliphatic rings. The maximum atomic E-state index is 12.4. The van der Waals surface area contributed by atoms with Crippen molar-refractivity contribution >= 4 is 5.82 Å². The summed E-state index contributed by atoms with van der Waals surface area (Å²) in [6.45, 7) is 3.63. The Hall–Kier alpha value is -1.19. The molecule has 1 aromatic rings. The van der Waals surface area contributed by atoms with Gasteiger partial charge in [-0.2, -0.15) is 0 Å². The van der Waals surface area contributed by atoms with Crippen LogP contribution in [-0.4, -0.2) is 4.98 Å². The van der Waals surface area contributed by atoms with E-state index in [-0.39, 0.29) is 17.3 Å². The van der Waals surface area contributed by atoms with E-state index in [0.29, 0.717) is 5.69 Å². The lowest BCUT2D eigenvalue weighted by Gasteiger charge is -2.11. The first-order chi connectivity index (χ1) is 6.02. The molecule has 0 saturated carbocycles. The molecule has 72 valence electrons. The summed E-state index contributed by atoms with van der Waals surface area (Å²) in [4.78, 5) is 3.89. The summed E-state index contributed by atoms with van der Waals surface area (Å²) in [6.07, 6.45) is -2.48. The highest BCUT2D eigenvalue weighted by Crippen LogP contribution is 2.27. The van der Waals surface area contributed by atoms with Crippen molar-refractivity contribution in [3.8, 4) is 0 Å². The third-order valence-corrected chi connectivity index (χ3v) is 1.76. The van der Waals surface area contributed by atoms with Crippen molar-refractivity contribution in [2.75, 3.05) is 5.73 Å². The van der Waals surface area contributed by atoms with Gasteiger partial charge in [-0.15, -0.1) is 0 Å². The molecule has 1 aromatic heterocycles. The first kappa shape index (κ1) is 9.89. The monoisotopic (exact) mass is 186 g/mol. The maximum Gasteiger partial charge on any atom is 0.265 e. The number of hydrogen-bond acceptors (Lipinski definition) is 2. The molecule has 4 heteroatoms. The van der Waals surface area contributed by atoms with Crippen LogP contribution in [0.2, 0.25) is 0 Å². The van der Waals surface area contributed by atoms with E-state index in [4.69, 9.17) is 5.73 Å². The van der Waals surface area contributed by atoms with Crippen LogP contribution in [0.15, 0.2) is 12.1 Å². The molecule has 1 heterocycles. The van der Waals surface area contributed by atoms with Gasteiger partial charge in [-0.25, -0.2) is 13.8 Å². The quantitative estimate of drug-likeness (QED) is 0.771. The Kier molecular flexibility index (Phi) is 2.80. The normalized spacial score (nSPS) is 11.2. The number of anilines is 1. The summed E-state index contributed by atoms with van der Waals surface area (Å²) in [5, 5.41) is 0. The standard InChI is InChI=1S/C9H12F2N2/c1-5(2)8-6(9(10)11)3-4-7(12)13-8/h3-5,9H,1-2H3,(H2,12,13). The molecule has 13 heavy (non-hydrogen) atoms. The fraction of sp³-hybridized carbons (Fsp3) is 0.444. The lowest BCUT2D eigenvalue weighted by molar-refractivity contribution is 0.149. The van der Waals surface area contributed by atoms with Crippen LogP contribution in [0.5, 0.6) is 0 Å². The van der Waals surface area contributed by atoms with Gasteiger partial charge in [0.05, 0.1) is 5.69 Å². The third-order valence-electron chi connectivity index (χ3n) is 1.76. The number of nitrogens with zero attached hydrogens (tertiary/aromatic N) is 1. The molecule has 2 nitrogen and oxygen atoms in total. The molecular weight excluding hydrogens is 174 g/mol. The number of nitrogen functional groups attached to an aromatic ring is 1. The molecule has 0 radical (unpaired) electrons. The molecular formula is C9H12F2N2. The fourth-order valence-electron chi connectivity index (χ4n) is 1.15. The van der Waals surface area contributed by atoms with Crippen LogP contribution in [0, 0.1) is 0 Å². The van der Waals surface area contributed by atoms with Gasteiger partial charge in [0.1, 0.15) is 5.82 Å². The van der Waals surface area contributed by atoms with Crippen LogP contribution < -0.4 is 5.73 Å². The molecule has 2 N–H and O–H groups in total. The zero-order chi connectivity index (χ0) is 10.0. The van der Waals surface area contributed by atoms with Crippen LogP contribution in [-0.2, 0) is 0 Å². The number of halogens is 2. The average Bonchev–Trinajstić information content (AvgIpc) is 2.03. The van der Waals surface area contributed by atoms with E-state index in [2.05, 4.69) is 4.98 Å². The molecule has 0 unspecified atom stereocenters. The summed E-state index contributed by atoms with van der Waals surface area (Å²) in [5.74, 6) is 0.251. The Balaban J connectivity index is 3.19. The maximum absolute atomic E-state index is 12.4. The van der Waals surface area contributed by atoms with E-state index in [1.807, 2.05) is 13.8 Å². The molecule has 0 aliphatic carbocycles. The van der Waals surface area contributed by atoms with E-state index >= 15 is 0 Å². The van der Waals surface area contributed by atoms with Crippen molar-refractivity contribution in [1.29, 1.82) is 0 Å². The number of rotatable bonds is 2. The van der Waals surface area contributed by atoms with Gasteiger partial charge in [0.15, 0.2) is 0 Å². The largest absolute Gasteiger partial charge is 0.384 e. The van der Waals surface area contributed by atoms with Crippen LogP contribution in [0.3, 0.4) is 0 Å². The minimum absolute atomic E-state index is 0.0239. The highest BCUT2D eigenvalue weighted by atomic mass is 19.3. The first-order valence-electron chi connectivity index (χ1n) is 4.07. The topological polar surface area (TPSA) is 38.9 Å². The number of hydrogen-bond donors (Lipinski definition) is 1. The second kappa shape index (κ2) is 3.68. The van der Waals surface area contributed by atoms with Crippen LogP contribution >= 0.6 is 0 Å². The van der Waals surface area contributed by atoms with Gasteiger partial charge in [0.2, 0.25) is 0 Å². The summed E-state index contributed by atoms with van der Waals surface area (Å²) in [7, 11) is 0. The molecule has 0 aromatic carbocycles. The predicted octanol–water partition coefficient (Wildman–Crippen LogP) is 2.72. The molecule has 0 fully saturated rings. The zero-order valence-corrected chi connectivity index (χ0v) is 7.59. The minimum atomic E-state index is -2.48. The first-order valence-corrected chi connectivity index (χ1v) is 4.07. The number of pyridine rings is 1. The van der Waals surface area contributed by atoms with Gasteiger partial charge in [-0.1, -0.05) is 13.8 Å². The van der Waals surface area contributed by atoms with E-state index in [1.54, 1.807) is 0 Å². The van der Waals surface area contributed by atoms with Crippen molar-refractivity contribution in [3.63, 3.8) is 0 Å². The minimum Gasteiger partial charge on any atom is -0.384 e. The molecule has 0 saturated heterocycles. The average molecular weight is 186 g/mol. The summed E-state index contributed by atoms with van der Waals surface area (Å²) >= 11 is 0. The Morgan fingerprint density at radius 1 is 1.31 bits per heavy atom. The molecule has 0 bridgehead atoms. The van der Waals surface area contributed by atoms with Crippen LogP contribution in [0.4, 0.5) is 14.6 Å². The second-order valence-electron chi connectivity index (χ2n) is 3.17. The van der Waals surface area contributed by atoms with E-state index in [0.717, 1.165) is 0 Å². The predicted molar refractivity (Wildman–Crippen MR) is 47.7 cm³/mol. The van der Waals surface area contributed by atoms with Gasteiger partial charge in [-0.3, -0.25) is 0 Å². The Morgan fingerprint density at radius 2 is 1.92 bits per heavy atom. The van der Waals surface area contributed by atoms with Gasteiger partial charge in [0, 0.05) is 5.56 Å². The van der Waals surface area contributed by atoms with Crippen molar-refractivity contribution < 1.29 is 8.78 Å².